The average molecular weight is 311 g/mol. The lowest BCUT2D eigenvalue weighted by Gasteiger charge is -2.21. The summed E-state index contributed by atoms with van der Waals surface area (Å²) in [6.45, 7) is 0.502. The van der Waals surface area contributed by atoms with Gasteiger partial charge in [-0.2, -0.15) is 0 Å². The number of nitrogens with zero attached hydrogens (tertiary/aromatic N) is 2. The van der Waals surface area contributed by atoms with Crippen molar-refractivity contribution < 1.29 is 19.2 Å². The number of carboxylic acids is 1. The molecule has 0 bridgehead atoms. The van der Waals surface area contributed by atoms with Gasteiger partial charge in [0, 0.05) is 23.9 Å². The SMILES string of the molecule is COCc1cc(CN(CC(=O)O)c2ccc(Cl)cc2)no1. The van der Waals surface area contributed by atoms with Gasteiger partial charge in [0.2, 0.25) is 0 Å². The highest BCUT2D eigenvalue weighted by atomic mass is 35.5. The van der Waals surface area contributed by atoms with Crippen LogP contribution in [-0.2, 0) is 22.7 Å². The lowest BCUT2D eigenvalue weighted by atomic mass is 10.2. The van der Waals surface area contributed by atoms with Crippen LogP contribution in [0, 0.1) is 0 Å². The number of hydrogen-bond acceptors (Lipinski definition) is 5. The van der Waals surface area contributed by atoms with Gasteiger partial charge in [0.15, 0.2) is 5.76 Å². The second-order valence-electron chi connectivity index (χ2n) is 4.44. The van der Waals surface area contributed by atoms with Crippen molar-refractivity contribution in [3.05, 3.63) is 46.8 Å². The number of methoxy groups -OCH3 is 1. The molecule has 1 heterocycles. The number of anilines is 1. The Kier molecular flexibility index (Phi) is 5.19. The van der Waals surface area contributed by atoms with E-state index in [0.717, 1.165) is 5.69 Å². The summed E-state index contributed by atoms with van der Waals surface area (Å²) in [5.74, 6) is -0.329. The van der Waals surface area contributed by atoms with Gasteiger partial charge in [-0.25, -0.2) is 0 Å². The summed E-state index contributed by atoms with van der Waals surface area (Å²) in [6, 6.07) is 8.70. The quantitative estimate of drug-likeness (QED) is 0.847. The lowest BCUT2D eigenvalue weighted by Crippen LogP contribution is -2.29. The van der Waals surface area contributed by atoms with Crippen molar-refractivity contribution in [2.24, 2.45) is 0 Å². The molecule has 0 aliphatic carbocycles. The fourth-order valence-electron chi connectivity index (χ4n) is 1.89. The molecule has 0 aliphatic rings. The van der Waals surface area contributed by atoms with Gasteiger partial charge in [0.25, 0.3) is 0 Å². The summed E-state index contributed by atoms with van der Waals surface area (Å²) < 4.78 is 10.0. The Labute approximate surface area is 126 Å². The molecule has 1 aromatic carbocycles. The molecule has 1 aromatic heterocycles. The van der Waals surface area contributed by atoms with Crippen LogP contribution in [0.2, 0.25) is 5.02 Å². The van der Waals surface area contributed by atoms with Crippen LogP contribution in [0.4, 0.5) is 5.69 Å². The highest BCUT2D eigenvalue weighted by Crippen LogP contribution is 2.20. The summed E-state index contributed by atoms with van der Waals surface area (Å²) in [4.78, 5) is 12.7. The highest BCUT2D eigenvalue weighted by molar-refractivity contribution is 6.30. The van der Waals surface area contributed by atoms with Gasteiger partial charge in [-0.05, 0) is 24.3 Å². The predicted molar refractivity (Wildman–Crippen MR) is 77.4 cm³/mol. The van der Waals surface area contributed by atoms with Crippen LogP contribution in [0.1, 0.15) is 11.5 Å². The zero-order valence-corrected chi connectivity index (χ0v) is 12.2. The predicted octanol–water partition coefficient (Wildman–Crippen LogP) is 2.57. The topological polar surface area (TPSA) is 75.8 Å². The minimum Gasteiger partial charge on any atom is -0.480 e. The molecule has 0 fully saturated rings. The summed E-state index contributed by atoms with van der Waals surface area (Å²) in [6.07, 6.45) is 0. The third kappa shape index (κ3) is 4.47. The largest absolute Gasteiger partial charge is 0.480 e. The van der Waals surface area contributed by atoms with E-state index in [2.05, 4.69) is 5.16 Å². The monoisotopic (exact) mass is 310 g/mol. The average Bonchev–Trinajstić information content (AvgIpc) is 2.86. The van der Waals surface area contributed by atoms with Gasteiger partial charge in [0.1, 0.15) is 18.8 Å². The molecule has 112 valence electrons. The maximum atomic E-state index is 11.0. The number of benzene rings is 1. The Balaban J connectivity index is 2.15. The Morgan fingerprint density at radius 2 is 2.14 bits per heavy atom. The van der Waals surface area contributed by atoms with E-state index in [1.807, 2.05) is 0 Å². The van der Waals surface area contributed by atoms with Crippen LogP contribution in [0.15, 0.2) is 34.9 Å². The second-order valence-corrected chi connectivity index (χ2v) is 4.88. The Morgan fingerprint density at radius 1 is 1.43 bits per heavy atom. The Morgan fingerprint density at radius 3 is 2.76 bits per heavy atom. The number of aromatic nitrogens is 1. The molecule has 1 N–H and O–H groups in total. The highest BCUT2D eigenvalue weighted by Gasteiger charge is 2.14. The van der Waals surface area contributed by atoms with E-state index in [4.69, 9.17) is 26.0 Å². The fourth-order valence-corrected chi connectivity index (χ4v) is 2.02. The molecule has 6 nitrogen and oxygen atoms in total. The van der Waals surface area contributed by atoms with Crippen LogP contribution in [0.25, 0.3) is 0 Å². The number of hydrogen-bond donors (Lipinski definition) is 1. The molecule has 7 heteroatoms. The van der Waals surface area contributed by atoms with Crippen LogP contribution >= 0.6 is 11.6 Å². The zero-order chi connectivity index (χ0) is 15.2. The lowest BCUT2D eigenvalue weighted by molar-refractivity contribution is -0.135. The van der Waals surface area contributed by atoms with E-state index >= 15 is 0 Å². The third-order valence-electron chi connectivity index (χ3n) is 2.77. The minimum absolute atomic E-state index is 0.145. The zero-order valence-electron chi connectivity index (χ0n) is 11.5. The van der Waals surface area contributed by atoms with Gasteiger partial charge in [-0.15, -0.1) is 0 Å². The van der Waals surface area contributed by atoms with Crippen molar-refractivity contribution in [3.8, 4) is 0 Å². The first-order chi connectivity index (χ1) is 10.1. The number of halogens is 1. The number of aliphatic carboxylic acids is 1. The van der Waals surface area contributed by atoms with Crippen molar-refractivity contribution in [1.82, 2.24) is 5.16 Å². The van der Waals surface area contributed by atoms with E-state index < -0.39 is 5.97 Å². The molecule has 0 amide bonds. The first-order valence-corrected chi connectivity index (χ1v) is 6.62. The third-order valence-corrected chi connectivity index (χ3v) is 3.02. The normalized spacial score (nSPS) is 10.6. The number of ether oxygens (including phenoxy) is 1. The van der Waals surface area contributed by atoms with Gasteiger partial charge < -0.3 is 19.3 Å². The van der Waals surface area contributed by atoms with E-state index in [1.165, 1.54) is 0 Å². The molecular formula is C14H15ClN2O4. The number of carboxylic acid groups (broad SMARTS) is 1. The standard InChI is InChI=1S/C14H15ClN2O4/c1-20-9-13-6-11(16-21-13)7-17(8-14(18)19)12-4-2-10(15)3-5-12/h2-6H,7-9H2,1H3,(H,18,19). The van der Waals surface area contributed by atoms with Crippen LogP contribution in [-0.4, -0.2) is 29.9 Å². The molecule has 2 aromatic rings. The van der Waals surface area contributed by atoms with Gasteiger partial charge >= 0.3 is 5.97 Å². The molecule has 0 saturated heterocycles. The van der Waals surface area contributed by atoms with Gasteiger partial charge in [-0.1, -0.05) is 16.8 Å². The van der Waals surface area contributed by atoms with E-state index in [-0.39, 0.29) is 6.54 Å². The summed E-state index contributed by atoms with van der Waals surface area (Å²) >= 11 is 5.84. The molecule has 2 rings (SSSR count). The Hall–Kier alpha value is -2.05. The molecule has 0 unspecified atom stereocenters. The van der Waals surface area contributed by atoms with Crippen LogP contribution < -0.4 is 4.90 Å². The van der Waals surface area contributed by atoms with Crippen LogP contribution in [0.5, 0.6) is 0 Å². The van der Waals surface area contributed by atoms with Crippen molar-refractivity contribution >= 4 is 23.3 Å². The number of rotatable bonds is 7. The van der Waals surface area contributed by atoms with E-state index in [9.17, 15) is 4.79 Å². The molecule has 0 spiro atoms. The van der Waals surface area contributed by atoms with Crippen molar-refractivity contribution in [2.45, 2.75) is 13.2 Å². The first kappa shape index (κ1) is 15.3. The molecular weight excluding hydrogens is 296 g/mol. The molecule has 21 heavy (non-hydrogen) atoms. The molecule has 0 radical (unpaired) electrons. The maximum absolute atomic E-state index is 11.0. The molecule has 0 atom stereocenters. The fraction of sp³-hybridized carbons (Fsp3) is 0.286. The number of carbonyl (C=O) groups is 1. The summed E-state index contributed by atoms with van der Waals surface area (Å²) in [5.41, 5.74) is 1.39. The maximum Gasteiger partial charge on any atom is 0.323 e. The molecule has 0 aliphatic heterocycles. The van der Waals surface area contributed by atoms with Crippen molar-refractivity contribution in [3.63, 3.8) is 0 Å². The van der Waals surface area contributed by atoms with Crippen molar-refractivity contribution in [1.29, 1.82) is 0 Å². The summed E-state index contributed by atoms with van der Waals surface area (Å²) in [5, 5.41) is 13.5. The molecule has 0 saturated carbocycles. The van der Waals surface area contributed by atoms with Crippen molar-refractivity contribution in [2.75, 3.05) is 18.6 Å². The smallest absolute Gasteiger partial charge is 0.323 e. The minimum atomic E-state index is -0.925. The second kappa shape index (κ2) is 7.10. The first-order valence-electron chi connectivity index (χ1n) is 6.24. The van der Waals surface area contributed by atoms with E-state index in [1.54, 1.807) is 42.3 Å². The Bertz CT molecular complexity index is 597. The summed E-state index contributed by atoms with van der Waals surface area (Å²) in [7, 11) is 1.56. The van der Waals surface area contributed by atoms with Gasteiger partial charge in [0.05, 0.1) is 6.54 Å². The van der Waals surface area contributed by atoms with Gasteiger partial charge in [-0.3, -0.25) is 4.79 Å². The van der Waals surface area contributed by atoms with E-state index in [0.29, 0.717) is 29.6 Å². The van der Waals surface area contributed by atoms with Crippen LogP contribution in [0.3, 0.4) is 0 Å².